The number of primary amides is 2. The van der Waals surface area contributed by atoms with Gasteiger partial charge in [0, 0.05) is 6.42 Å². The van der Waals surface area contributed by atoms with Crippen molar-refractivity contribution >= 4 is 23.7 Å². The van der Waals surface area contributed by atoms with Crippen molar-refractivity contribution < 1.29 is 24.3 Å². The minimum atomic E-state index is -1.44. The fourth-order valence-electron chi connectivity index (χ4n) is 1.11. The average molecular weight is 260 g/mol. The lowest BCUT2D eigenvalue weighted by molar-refractivity contribution is -0.143. The molecule has 0 fully saturated rings. The average Bonchev–Trinajstić information content (AvgIpc) is 2.23. The van der Waals surface area contributed by atoms with E-state index in [9.17, 15) is 19.2 Å². The molecule has 0 aliphatic carbocycles. The molecule has 0 bridgehead atoms. The van der Waals surface area contributed by atoms with E-state index in [1.54, 1.807) is 0 Å². The normalized spacial score (nSPS) is 13.4. The van der Waals surface area contributed by atoms with Gasteiger partial charge in [-0.1, -0.05) is 0 Å². The second-order valence-corrected chi connectivity index (χ2v) is 3.68. The monoisotopic (exact) mass is 260 g/mol. The Kier molecular flexibility index (Phi) is 6.35. The lowest BCUT2D eigenvalue weighted by Crippen LogP contribution is -2.49. The quantitative estimate of drug-likeness (QED) is 0.310. The molecule has 0 saturated heterocycles. The molecular formula is C9H16N4O5. The van der Waals surface area contributed by atoms with Crippen LogP contribution in [0.2, 0.25) is 0 Å². The highest BCUT2D eigenvalue weighted by atomic mass is 16.4. The summed E-state index contributed by atoms with van der Waals surface area (Å²) in [5.41, 5.74) is 15.1. The van der Waals surface area contributed by atoms with Crippen molar-refractivity contribution in [3.63, 3.8) is 0 Å². The van der Waals surface area contributed by atoms with Crippen molar-refractivity contribution in [2.45, 2.75) is 31.3 Å². The molecule has 2 unspecified atom stereocenters. The Morgan fingerprint density at radius 1 is 1.11 bits per heavy atom. The van der Waals surface area contributed by atoms with Crippen LogP contribution in [0.15, 0.2) is 0 Å². The Bertz CT molecular complexity index is 357. The van der Waals surface area contributed by atoms with Crippen molar-refractivity contribution in [3.05, 3.63) is 0 Å². The Labute approximate surface area is 103 Å². The van der Waals surface area contributed by atoms with E-state index in [0.717, 1.165) is 0 Å². The topological polar surface area (TPSA) is 179 Å². The highest BCUT2D eigenvalue weighted by Crippen LogP contribution is 1.97. The highest BCUT2D eigenvalue weighted by Gasteiger charge is 2.24. The first-order valence-corrected chi connectivity index (χ1v) is 5.09. The molecular weight excluding hydrogens is 244 g/mol. The molecule has 8 N–H and O–H groups in total. The Hall–Kier alpha value is -2.16. The van der Waals surface area contributed by atoms with E-state index in [0.29, 0.717) is 0 Å². The Morgan fingerprint density at radius 2 is 1.67 bits per heavy atom. The first-order chi connectivity index (χ1) is 8.23. The molecule has 0 aliphatic rings. The third-order valence-electron chi connectivity index (χ3n) is 2.06. The molecule has 102 valence electrons. The van der Waals surface area contributed by atoms with E-state index in [1.807, 2.05) is 0 Å². The van der Waals surface area contributed by atoms with Crippen LogP contribution in [0, 0.1) is 0 Å². The van der Waals surface area contributed by atoms with Crippen molar-refractivity contribution in [3.8, 4) is 0 Å². The minimum absolute atomic E-state index is 0.00984. The van der Waals surface area contributed by atoms with Gasteiger partial charge in [0.15, 0.2) is 0 Å². The predicted molar refractivity (Wildman–Crippen MR) is 59.8 cm³/mol. The fourth-order valence-corrected chi connectivity index (χ4v) is 1.11. The van der Waals surface area contributed by atoms with Crippen molar-refractivity contribution in [2.75, 3.05) is 0 Å². The maximum Gasteiger partial charge on any atom is 0.326 e. The SMILES string of the molecule is NC(=O)CCC(N)C(=O)NC(CC(N)=O)C(=O)O. The summed E-state index contributed by atoms with van der Waals surface area (Å²) >= 11 is 0. The maximum absolute atomic E-state index is 11.4. The first-order valence-electron chi connectivity index (χ1n) is 5.09. The van der Waals surface area contributed by atoms with Gasteiger partial charge >= 0.3 is 5.97 Å². The van der Waals surface area contributed by atoms with Gasteiger partial charge in [-0.05, 0) is 6.42 Å². The molecule has 18 heavy (non-hydrogen) atoms. The van der Waals surface area contributed by atoms with E-state index in [1.165, 1.54) is 0 Å². The van der Waals surface area contributed by atoms with Crippen LogP contribution >= 0.6 is 0 Å². The van der Waals surface area contributed by atoms with E-state index < -0.39 is 42.2 Å². The summed E-state index contributed by atoms with van der Waals surface area (Å²) in [5.74, 6) is -3.67. The smallest absolute Gasteiger partial charge is 0.326 e. The summed E-state index contributed by atoms with van der Waals surface area (Å²) in [4.78, 5) is 43.2. The fraction of sp³-hybridized carbons (Fsp3) is 0.556. The lowest BCUT2D eigenvalue weighted by atomic mass is 10.1. The number of carbonyl (C=O) groups excluding carboxylic acids is 3. The van der Waals surface area contributed by atoms with Gasteiger partial charge < -0.3 is 27.6 Å². The van der Waals surface area contributed by atoms with Gasteiger partial charge in [0.05, 0.1) is 12.5 Å². The van der Waals surface area contributed by atoms with Crippen LogP contribution in [0.3, 0.4) is 0 Å². The number of carboxylic acid groups (broad SMARTS) is 1. The van der Waals surface area contributed by atoms with Gasteiger partial charge in [-0.3, -0.25) is 14.4 Å². The second kappa shape index (κ2) is 7.22. The number of hydrogen-bond donors (Lipinski definition) is 5. The van der Waals surface area contributed by atoms with Crippen molar-refractivity contribution in [2.24, 2.45) is 17.2 Å². The van der Waals surface area contributed by atoms with Crippen LogP contribution in [-0.2, 0) is 19.2 Å². The molecule has 0 aromatic carbocycles. The number of carbonyl (C=O) groups is 4. The van der Waals surface area contributed by atoms with Crippen LogP contribution in [0.1, 0.15) is 19.3 Å². The number of nitrogens with two attached hydrogens (primary N) is 3. The summed E-state index contributed by atoms with van der Waals surface area (Å²) in [6.07, 6.45) is -0.643. The molecule has 0 saturated carbocycles. The number of hydrogen-bond acceptors (Lipinski definition) is 5. The van der Waals surface area contributed by atoms with Crippen LogP contribution in [0.5, 0.6) is 0 Å². The minimum Gasteiger partial charge on any atom is -0.480 e. The summed E-state index contributed by atoms with van der Waals surface area (Å²) in [5, 5.41) is 10.8. The highest BCUT2D eigenvalue weighted by molar-refractivity contribution is 5.90. The molecule has 0 radical (unpaired) electrons. The molecule has 2 atom stereocenters. The van der Waals surface area contributed by atoms with Crippen molar-refractivity contribution in [1.82, 2.24) is 5.32 Å². The number of nitrogens with one attached hydrogen (secondary N) is 1. The maximum atomic E-state index is 11.4. The summed E-state index contributed by atoms with van der Waals surface area (Å²) in [6, 6.07) is -2.51. The molecule has 0 rings (SSSR count). The number of aliphatic carboxylic acids is 1. The largest absolute Gasteiger partial charge is 0.480 e. The predicted octanol–water partition coefficient (Wildman–Crippen LogP) is -2.98. The van der Waals surface area contributed by atoms with Gasteiger partial charge in [0.25, 0.3) is 0 Å². The number of carboxylic acids is 1. The second-order valence-electron chi connectivity index (χ2n) is 3.68. The molecule has 0 heterocycles. The molecule has 0 aromatic rings. The Morgan fingerprint density at radius 3 is 2.06 bits per heavy atom. The molecule has 0 aromatic heterocycles. The summed E-state index contributed by atoms with van der Waals surface area (Å²) < 4.78 is 0. The number of amides is 3. The van der Waals surface area contributed by atoms with Crippen LogP contribution in [0.4, 0.5) is 0 Å². The number of rotatable bonds is 8. The van der Waals surface area contributed by atoms with E-state index in [2.05, 4.69) is 5.32 Å². The van der Waals surface area contributed by atoms with Gasteiger partial charge in [-0.15, -0.1) is 0 Å². The first kappa shape index (κ1) is 15.8. The zero-order valence-corrected chi connectivity index (χ0v) is 9.59. The van der Waals surface area contributed by atoms with Gasteiger partial charge in [-0.25, -0.2) is 4.79 Å². The Balaban J connectivity index is 4.36. The summed E-state index contributed by atoms with van der Waals surface area (Å²) in [6.45, 7) is 0. The van der Waals surface area contributed by atoms with E-state index in [-0.39, 0.29) is 12.8 Å². The lowest BCUT2D eigenvalue weighted by Gasteiger charge is -2.16. The van der Waals surface area contributed by atoms with Gasteiger partial charge in [-0.2, -0.15) is 0 Å². The third-order valence-corrected chi connectivity index (χ3v) is 2.06. The van der Waals surface area contributed by atoms with Crippen LogP contribution in [-0.4, -0.2) is 40.9 Å². The molecule has 0 spiro atoms. The van der Waals surface area contributed by atoms with Crippen molar-refractivity contribution in [1.29, 1.82) is 0 Å². The summed E-state index contributed by atoms with van der Waals surface area (Å²) in [7, 11) is 0. The van der Waals surface area contributed by atoms with Gasteiger partial charge in [0.2, 0.25) is 17.7 Å². The van der Waals surface area contributed by atoms with Crippen LogP contribution in [0.25, 0.3) is 0 Å². The molecule has 3 amide bonds. The zero-order chi connectivity index (χ0) is 14.3. The van der Waals surface area contributed by atoms with Gasteiger partial charge in [0.1, 0.15) is 6.04 Å². The van der Waals surface area contributed by atoms with E-state index in [4.69, 9.17) is 22.3 Å². The van der Waals surface area contributed by atoms with Crippen LogP contribution < -0.4 is 22.5 Å². The molecule has 0 aliphatic heterocycles. The zero-order valence-electron chi connectivity index (χ0n) is 9.59. The standard InChI is InChI=1S/C9H16N4O5/c10-4(1-2-6(11)14)8(16)13-5(9(17)18)3-7(12)15/h4-5H,1-3,10H2,(H2,11,14)(H2,12,15)(H,13,16)(H,17,18). The molecule has 9 nitrogen and oxygen atoms in total. The molecule has 9 heteroatoms. The third kappa shape index (κ3) is 6.43. The van der Waals surface area contributed by atoms with E-state index >= 15 is 0 Å².